The summed E-state index contributed by atoms with van der Waals surface area (Å²) in [5.74, 6) is 0. The number of hydrogen-bond donors (Lipinski definition) is 0. The van der Waals surface area contributed by atoms with E-state index in [9.17, 15) is 0 Å². The smallest absolute Gasteiger partial charge is 0.00732 e. The van der Waals surface area contributed by atoms with Gasteiger partial charge in [-0.25, -0.2) is 0 Å². The number of aryl methyl sites for hydroxylation is 2. The summed E-state index contributed by atoms with van der Waals surface area (Å²) >= 11 is 0. The molecule has 19 heavy (non-hydrogen) atoms. The normalized spacial score (nSPS) is 10.6. The van der Waals surface area contributed by atoms with Crippen LogP contribution in [0.1, 0.15) is 18.6 Å². The summed E-state index contributed by atoms with van der Waals surface area (Å²) in [6, 6.07) is 12.7. The van der Waals surface area contributed by atoms with Crippen molar-refractivity contribution in [3.05, 3.63) is 58.0 Å². The first-order valence-electron chi connectivity index (χ1n) is 6.20. The highest BCUT2D eigenvalue weighted by atomic mass is 14.1. The fraction of sp³-hybridized carbons (Fsp3) is 0.158. The second-order valence-corrected chi connectivity index (χ2v) is 4.95. The van der Waals surface area contributed by atoms with Crippen LogP contribution in [0, 0.1) is 13.8 Å². The highest BCUT2D eigenvalue weighted by molar-refractivity contribution is 6.02. The van der Waals surface area contributed by atoms with Crippen molar-refractivity contribution in [1.82, 2.24) is 0 Å². The van der Waals surface area contributed by atoms with Crippen LogP contribution in [-0.2, 0) is 0 Å². The molecule has 0 atom stereocenters. The number of rotatable bonds is 0. The standard InChI is InChI=1S/C18H16.CH4/c1-11-9-10-12(2)18-14(4)16-8-6-5-7-15(16)13(3)17(11)18;/h5-10H,3-4H2,1-2H3;1H4. The van der Waals surface area contributed by atoms with Gasteiger partial charge in [-0.05, 0) is 57.0 Å². The van der Waals surface area contributed by atoms with Gasteiger partial charge in [-0.1, -0.05) is 57.0 Å². The van der Waals surface area contributed by atoms with Crippen LogP contribution in [0.3, 0.4) is 0 Å². The zero-order chi connectivity index (χ0) is 12.9. The van der Waals surface area contributed by atoms with Crippen LogP contribution in [0.5, 0.6) is 0 Å². The van der Waals surface area contributed by atoms with E-state index in [2.05, 4.69) is 63.4 Å². The highest BCUT2D eigenvalue weighted by Gasteiger charge is 2.07. The quantitative estimate of drug-likeness (QED) is 0.526. The molecule has 0 saturated carbocycles. The van der Waals surface area contributed by atoms with Crippen LogP contribution in [0.2, 0.25) is 0 Å². The minimum absolute atomic E-state index is 0. The first kappa shape index (κ1) is 13.4. The molecule has 0 aliphatic carbocycles. The van der Waals surface area contributed by atoms with E-state index in [-0.39, 0.29) is 7.43 Å². The summed E-state index contributed by atoms with van der Waals surface area (Å²) in [5, 5.41) is 7.19. The monoisotopic (exact) mass is 248 g/mol. The number of hydrogen-bond acceptors (Lipinski definition) is 0. The average molecular weight is 248 g/mol. The minimum Gasteiger partial charge on any atom is -0.0905 e. The van der Waals surface area contributed by atoms with E-state index in [0.29, 0.717) is 0 Å². The van der Waals surface area contributed by atoms with E-state index < -0.39 is 0 Å². The molecular formula is C19H20. The lowest BCUT2D eigenvalue weighted by Gasteiger charge is -2.10. The summed E-state index contributed by atoms with van der Waals surface area (Å²) in [4.78, 5) is 0. The summed E-state index contributed by atoms with van der Waals surface area (Å²) in [7, 11) is 0. The topological polar surface area (TPSA) is 0 Å². The Hall–Kier alpha value is -2.08. The molecule has 0 amide bonds. The molecule has 0 bridgehead atoms. The second-order valence-electron chi connectivity index (χ2n) is 4.95. The van der Waals surface area contributed by atoms with Crippen molar-refractivity contribution >= 4 is 34.7 Å². The molecule has 0 aliphatic rings. The zero-order valence-corrected chi connectivity index (χ0v) is 10.9. The van der Waals surface area contributed by atoms with E-state index >= 15 is 0 Å². The summed E-state index contributed by atoms with van der Waals surface area (Å²) in [5.41, 5.74) is 2.55. The van der Waals surface area contributed by atoms with Crippen LogP contribution in [-0.4, -0.2) is 0 Å². The van der Waals surface area contributed by atoms with Gasteiger partial charge in [0.15, 0.2) is 0 Å². The molecule has 0 heteroatoms. The van der Waals surface area contributed by atoms with Crippen molar-refractivity contribution in [3.63, 3.8) is 0 Å². The lowest BCUT2D eigenvalue weighted by atomic mass is 9.93. The molecule has 96 valence electrons. The Morgan fingerprint density at radius 3 is 1.42 bits per heavy atom. The van der Waals surface area contributed by atoms with Crippen molar-refractivity contribution in [2.45, 2.75) is 21.3 Å². The predicted molar refractivity (Wildman–Crippen MR) is 88.0 cm³/mol. The van der Waals surface area contributed by atoms with Gasteiger partial charge in [0.05, 0.1) is 0 Å². The Morgan fingerprint density at radius 1 is 0.684 bits per heavy atom. The average Bonchev–Trinajstić information content (AvgIpc) is 2.38. The molecule has 0 aromatic heterocycles. The molecule has 0 nitrogen and oxygen atoms in total. The lowest BCUT2D eigenvalue weighted by molar-refractivity contribution is 1.45. The van der Waals surface area contributed by atoms with Crippen molar-refractivity contribution in [3.8, 4) is 0 Å². The summed E-state index contributed by atoms with van der Waals surface area (Å²) in [6.45, 7) is 12.9. The van der Waals surface area contributed by atoms with Gasteiger partial charge in [-0.15, -0.1) is 0 Å². The molecule has 0 fully saturated rings. The van der Waals surface area contributed by atoms with Gasteiger partial charge in [0, 0.05) is 0 Å². The largest absolute Gasteiger partial charge is 0.0905 e. The maximum absolute atomic E-state index is 4.29. The Labute approximate surface area is 114 Å². The molecule has 0 radical (unpaired) electrons. The van der Waals surface area contributed by atoms with E-state index in [1.165, 1.54) is 32.7 Å². The van der Waals surface area contributed by atoms with Crippen molar-refractivity contribution in [1.29, 1.82) is 0 Å². The Morgan fingerprint density at radius 2 is 1.05 bits per heavy atom. The maximum Gasteiger partial charge on any atom is -0.00732 e. The van der Waals surface area contributed by atoms with Crippen LogP contribution >= 0.6 is 0 Å². The Bertz CT molecular complexity index is 796. The van der Waals surface area contributed by atoms with Gasteiger partial charge in [-0.2, -0.15) is 0 Å². The third-order valence-electron chi connectivity index (χ3n) is 3.80. The highest BCUT2D eigenvalue weighted by Crippen LogP contribution is 2.19. The third kappa shape index (κ3) is 1.76. The minimum atomic E-state index is 0. The van der Waals surface area contributed by atoms with Crippen LogP contribution in [0.4, 0.5) is 0 Å². The third-order valence-corrected chi connectivity index (χ3v) is 3.80. The van der Waals surface area contributed by atoms with Crippen molar-refractivity contribution < 1.29 is 0 Å². The van der Waals surface area contributed by atoms with E-state index in [1.807, 2.05) is 0 Å². The van der Waals surface area contributed by atoms with Gasteiger partial charge in [-0.3, -0.25) is 0 Å². The maximum atomic E-state index is 4.29. The molecule has 0 N–H and O–H groups in total. The first-order chi connectivity index (χ1) is 8.61. The second kappa shape index (κ2) is 4.55. The molecule has 0 aliphatic heterocycles. The molecule has 0 heterocycles. The van der Waals surface area contributed by atoms with Gasteiger partial charge >= 0.3 is 0 Å². The zero-order valence-electron chi connectivity index (χ0n) is 10.9. The number of benzene rings is 3. The fourth-order valence-corrected chi connectivity index (χ4v) is 2.87. The van der Waals surface area contributed by atoms with Crippen molar-refractivity contribution in [2.75, 3.05) is 0 Å². The lowest BCUT2D eigenvalue weighted by Crippen LogP contribution is -2.14. The van der Waals surface area contributed by atoms with Gasteiger partial charge in [0.2, 0.25) is 0 Å². The fourth-order valence-electron chi connectivity index (χ4n) is 2.87. The van der Waals surface area contributed by atoms with Gasteiger partial charge < -0.3 is 0 Å². The van der Waals surface area contributed by atoms with E-state index in [4.69, 9.17) is 0 Å². The predicted octanol–water partition coefficient (Wildman–Crippen LogP) is 4.07. The molecule has 3 rings (SSSR count). The first-order valence-corrected chi connectivity index (χ1v) is 6.20. The Kier molecular flexibility index (Phi) is 3.20. The summed E-state index contributed by atoms with van der Waals surface area (Å²) < 4.78 is 0. The molecule has 3 aromatic carbocycles. The molecular weight excluding hydrogens is 228 g/mol. The van der Waals surface area contributed by atoms with E-state index in [0.717, 1.165) is 10.4 Å². The molecule has 0 saturated heterocycles. The number of fused-ring (bicyclic) bond motifs is 2. The van der Waals surface area contributed by atoms with Crippen LogP contribution < -0.4 is 10.4 Å². The van der Waals surface area contributed by atoms with Crippen LogP contribution in [0.15, 0.2) is 36.4 Å². The Balaban J connectivity index is 0.00000133. The molecule has 0 spiro atoms. The van der Waals surface area contributed by atoms with Crippen LogP contribution in [0.25, 0.3) is 34.7 Å². The molecule has 3 aromatic rings. The van der Waals surface area contributed by atoms with E-state index in [1.54, 1.807) is 0 Å². The molecule has 0 unspecified atom stereocenters. The van der Waals surface area contributed by atoms with Gasteiger partial charge in [0.1, 0.15) is 0 Å². The van der Waals surface area contributed by atoms with Gasteiger partial charge in [0.25, 0.3) is 0 Å². The van der Waals surface area contributed by atoms with Crippen molar-refractivity contribution in [2.24, 2.45) is 0 Å². The SMILES string of the molecule is C.C=c1c2ccccc2c(=C)c2c(C)ccc(C)c12. The summed E-state index contributed by atoms with van der Waals surface area (Å²) in [6.07, 6.45) is 0.